The lowest BCUT2D eigenvalue weighted by Crippen LogP contribution is -2.35. The number of hydrogen-bond donors (Lipinski definition) is 1. The third-order valence-corrected chi connectivity index (χ3v) is 8.06. The minimum atomic E-state index is -2.33. The first kappa shape index (κ1) is 36.3. The number of aromatic hydroxyl groups is 1. The smallest absolute Gasteiger partial charge is 0.312 e. The number of phenols is 1. The maximum Gasteiger partial charge on any atom is 0.312 e. The van der Waals surface area contributed by atoms with Crippen LogP contribution in [0.4, 0.5) is 39.5 Å². The Morgan fingerprint density at radius 2 is 1.05 bits per heavy atom. The average Bonchev–Trinajstić information content (AvgIpc) is 2.95. The molecule has 2 unspecified atom stereocenters. The van der Waals surface area contributed by atoms with Crippen LogP contribution in [0.25, 0.3) is 0 Å². The summed E-state index contributed by atoms with van der Waals surface area (Å²) in [5, 5.41) is 9.26. The number of carbonyl (C=O) groups excluding carboxylic acids is 1. The van der Waals surface area contributed by atoms with Crippen LogP contribution in [0.5, 0.6) is 5.75 Å². The van der Waals surface area contributed by atoms with Crippen LogP contribution in [0.1, 0.15) is 116 Å². The monoisotopic (exact) mass is 628 g/mol. The van der Waals surface area contributed by atoms with E-state index in [1.54, 1.807) is 27.7 Å². The van der Waals surface area contributed by atoms with Gasteiger partial charge in [-0.3, -0.25) is 4.79 Å². The summed E-state index contributed by atoms with van der Waals surface area (Å²) in [6, 6.07) is 0. The zero-order valence-electron chi connectivity index (χ0n) is 25.0. The highest BCUT2D eigenvalue weighted by atomic mass is 19.2. The number of benzene rings is 2. The quantitative estimate of drug-likeness (QED) is 0.0981. The topological polar surface area (TPSA) is 46.5 Å². The molecule has 0 aliphatic rings. The Hall–Kier alpha value is -2.92. The lowest BCUT2D eigenvalue weighted by atomic mass is 9.81. The Balaban J connectivity index is 2.34. The van der Waals surface area contributed by atoms with E-state index in [0.717, 1.165) is 0 Å². The second-order valence-corrected chi connectivity index (χ2v) is 12.0. The fourth-order valence-corrected chi connectivity index (χ4v) is 4.93. The number of hydrogen-bond acceptors (Lipinski definition) is 3. The molecular formula is C31H37F9O3. The maximum absolute atomic E-state index is 14.8. The van der Waals surface area contributed by atoms with Crippen LogP contribution >= 0.6 is 0 Å². The standard InChI is InChI=1S/C31H37F9O3/c1-7-15(17-21(34)26(39)28(41)27(40)22(17)35)11-9-12-16(18-19(32)23(36)25(38)24(37)20(18)33)13-10-14-30(3,4)29(42)43-31(5,6)8-2/h15-16,41H,7-14H2,1-6H3. The van der Waals surface area contributed by atoms with E-state index >= 15 is 0 Å². The highest BCUT2D eigenvalue weighted by molar-refractivity contribution is 5.76. The number of rotatable bonds is 14. The molecule has 0 aliphatic carbocycles. The van der Waals surface area contributed by atoms with Gasteiger partial charge in [0, 0.05) is 11.1 Å². The van der Waals surface area contributed by atoms with E-state index in [-0.39, 0.29) is 44.9 Å². The molecule has 0 spiro atoms. The Labute approximate surface area is 245 Å². The number of carbonyl (C=O) groups is 1. The molecule has 0 aromatic heterocycles. The van der Waals surface area contributed by atoms with Gasteiger partial charge in [0.25, 0.3) is 0 Å². The fraction of sp³-hybridized carbons (Fsp3) is 0.581. The third-order valence-electron chi connectivity index (χ3n) is 8.06. The first-order chi connectivity index (χ1) is 19.8. The van der Waals surface area contributed by atoms with Gasteiger partial charge in [-0.25, -0.2) is 30.7 Å². The lowest BCUT2D eigenvalue weighted by Gasteiger charge is -2.30. The lowest BCUT2D eigenvalue weighted by molar-refractivity contribution is -0.168. The Morgan fingerprint density at radius 3 is 1.51 bits per heavy atom. The summed E-state index contributed by atoms with van der Waals surface area (Å²) in [6.07, 6.45) is 0.113. The van der Waals surface area contributed by atoms with Crippen molar-refractivity contribution in [3.8, 4) is 5.75 Å². The van der Waals surface area contributed by atoms with Crippen molar-refractivity contribution in [1.82, 2.24) is 0 Å². The molecule has 0 saturated carbocycles. The number of ether oxygens (including phenoxy) is 1. The van der Waals surface area contributed by atoms with E-state index in [2.05, 4.69) is 0 Å². The van der Waals surface area contributed by atoms with E-state index in [1.165, 1.54) is 6.92 Å². The summed E-state index contributed by atoms with van der Waals surface area (Å²) in [5.74, 6) is -22.9. The van der Waals surface area contributed by atoms with E-state index in [1.807, 2.05) is 6.92 Å². The zero-order valence-corrected chi connectivity index (χ0v) is 25.0. The van der Waals surface area contributed by atoms with Crippen LogP contribution < -0.4 is 0 Å². The SMILES string of the molecule is CCC(CCCC(CCCC(C)(C)C(=O)OC(C)(C)CC)c1c(F)c(F)c(F)c(F)c1F)c1c(F)c(F)c(O)c(F)c1F. The molecule has 2 aromatic carbocycles. The minimum Gasteiger partial charge on any atom is -0.503 e. The molecule has 0 heterocycles. The van der Waals surface area contributed by atoms with E-state index in [0.29, 0.717) is 6.42 Å². The van der Waals surface area contributed by atoms with Gasteiger partial charge in [-0.15, -0.1) is 0 Å². The van der Waals surface area contributed by atoms with Gasteiger partial charge in [-0.1, -0.05) is 26.7 Å². The van der Waals surface area contributed by atoms with Crippen LogP contribution in [0.3, 0.4) is 0 Å². The number of esters is 1. The molecule has 242 valence electrons. The van der Waals surface area contributed by atoms with Crippen molar-refractivity contribution in [1.29, 1.82) is 0 Å². The molecule has 0 saturated heterocycles. The second kappa shape index (κ2) is 14.2. The van der Waals surface area contributed by atoms with E-state index < -0.39 is 98.1 Å². The largest absolute Gasteiger partial charge is 0.503 e. The third kappa shape index (κ3) is 7.98. The number of phenolic OH excluding ortho intramolecular Hbond substituents is 1. The Morgan fingerprint density at radius 1 is 0.651 bits per heavy atom. The molecule has 0 fully saturated rings. The van der Waals surface area contributed by atoms with Crippen molar-refractivity contribution in [3.05, 3.63) is 63.5 Å². The van der Waals surface area contributed by atoms with Gasteiger partial charge in [-0.05, 0) is 78.1 Å². The van der Waals surface area contributed by atoms with Crippen LogP contribution in [-0.4, -0.2) is 16.7 Å². The van der Waals surface area contributed by atoms with Crippen LogP contribution in [0, 0.1) is 57.8 Å². The maximum atomic E-state index is 14.8. The minimum absolute atomic E-state index is 0.0326. The van der Waals surface area contributed by atoms with Crippen molar-refractivity contribution in [2.75, 3.05) is 0 Å². The summed E-state index contributed by atoms with van der Waals surface area (Å²) >= 11 is 0. The molecular weight excluding hydrogens is 591 g/mol. The van der Waals surface area contributed by atoms with Gasteiger partial charge in [0.2, 0.25) is 17.5 Å². The summed E-state index contributed by atoms with van der Waals surface area (Å²) in [4.78, 5) is 12.7. The highest BCUT2D eigenvalue weighted by Gasteiger charge is 2.35. The van der Waals surface area contributed by atoms with Crippen molar-refractivity contribution >= 4 is 5.97 Å². The molecule has 1 N–H and O–H groups in total. The van der Waals surface area contributed by atoms with Crippen molar-refractivity contribution in [2.24, 2.45) is 5.41 Å². The molecule has 2 aromatic rings. The summed E-state index contributed by atoms with van der Waals surface area (Å²) in [7, 11) is 0. The van der Waals surface area contributed by atoms with Crippen molar-refractivity contribution in [2.45, 2.75) is 110 Å². The highest BCUT2D eigenvalue weighted by Crippen LogP contribution is 2.40. The normalized spacial score (nSPS) is 13.7. The average molecular weight is 629 g/mol. The first-order valence-corrected chi connectivity index (χ1v) is 14.1. The van der Waals surface area contributed by atoms with Gasteiger partial charge < -0.3 is 9.84 Å². The molecule has 2 rings (SSSR count). The number of halogens is 9. The van der Waals surface area contributed by atoms with Crippen LogP contribution in [0.2, 0.25) is 0 Å². The van der Waals surface area contributed by atoms with Gasteiger partial charge in [-0.2, -0.15) is 8.78 Å². The van der Waals surface area contributed by atoms with Crippen molar-refractivity contribution < 1.29 is 54.2 Å². The molecule has 3 nitrogen and oxygen atoms in total. The van der Waals surface area contributed by atoms with E-state index in [4.69, 9.17) is 4.74 Å². The Kier molecular flexibility index (Phi) is 12.0. The zero-order chi connectivity index (χ0) is 33.0. The predicted octanol–water partition coefficient (Wildman–Crippen LogP) is 10.0. The summed E-state index contributed by atoms with van der Waals surface area (Å²) < 4.78 is 134. The molecule has 12 heteroatoms. The Bertz CT molecular complexity index is 1270. The molecule has 43 heavy (non-hydrogen) atoms. The summed E-state index contributed by atoms with van der Waals surface area (Å²) in [5.41, 5.74) is -3.82. The predicted molar refractivity (Wildman–Crippen MR) is 142 cm³/mol. The molecule has 0 aliphatic heterocycles. The van der Waals surface area contributed by atoms with Crippen LogP contribution in [0.15, 0.2) is 0 Å². The molecule has 0 radical (unpaired) electrons. The summed E-state index contributed by atoms with van der Waals surface area (Å²) in [6.45, 7) is 9.94. The first-order valence-electron chi connectivity index (χ1n) is 14.1. The van der Waals surface area contributed by atoms with Crippen LogP contribution in [-0.2, 0) is 9.53 Å². The molecule has 0 bridgehead atoms. The fourth-order valence-electron chi connectivity index (χ4n) is 4.93. The van der Waals surface area contributed by atoms with Gasteiger partial charge >= 0.3 is 5.97 Å². The van der Waals surface area contributed by atoms with Crippen molar-refractivity contribution in [3.63, 3.8) is 0 Å². The van der Waals surface area contributed by atoms with Gasteiger partial charge in [0.1, 0.15) is 5.60 Å². The van der Waals surface area contributed by atoms with Gasteiger partial charge in [0.15, 0.2) is 40.7 Å². The molecule has 0 amide bonds. The van der Waals surface area contributed by atoms with E-state index in [9.17, 15) is 49.4 Å². The second-order valence-electron chi connectivity index (χ2n) is 12.0. The van der Waals surface area contributed by atoms with Gasteiger partial charge in [0.05, 0.1) is 5.41 Å². The molecule has 2 atom stereocenters.